The van der Waals surface area contributed by atoms with Gasteiger partial charge in [0.15, 0.2) is 5.82 Å². The van der Waals surface area contributed by atoms with Crippen molar-refractivity contribution in [3.63, 3.8) is 0 Å². The van der Waals surface area contributed by atoms with Gasteiger partial charge in [0.25, 0.3) is 0 Å². The van der Waals surface area contributed by atoms with Crippen molar-refractivity contribution in [2.24, 2.45) is 28.5 Å². The number of nitrogens with one attached hydrogen (secondary N) is 1. The van der Waals surface area contributed by atoms with Gasteiger partial charge >= 0.3 is 0 Å². The lowest BCUT2D eigenvalue weighted by Crippen LogP contribution is -2.41. The third kappa shape index (κ3) is 3.80. The van der Waals surface area contributed by atoms with Crippen LogP contribution in [-0.2, 0) is 17.6 Å². The fraction of sp³-hybridized carbons (Fsp3) is 0.417. The number of anilines is 1. The zero-order chi connectivity index (χ0) is 21.5. The van der Waals surface area contributed by atoms with Crippen LogP contribution in [0, 0.1) is 17.8 Å². The topological polar surface area (TPSA) is 102 Å². The first-order chi connectivity index (χ1) is 15.0. The average molecular weight is 418 g/mol. The Balaban J connectivity index is 1.42. The lowest BCUT2D eigenvalue weighted by Gasteiger charge is -2.27. The summed E-state index contributed by atoms with van der Waals surface area (Å²) in [7, 11) is 0. The van der Waals surface area contributed by atoms with Crippen LogP contribution in [0.3, 0.4) is 0 Å². The molecule has 1 aromatic heterocycles. The Morgan fingerprint density at radius 2 is 2.10 bits per heavy atom. The van der Waals surface area contributed by atoms with Crippen LogP contribution in [0.5, 0.6) is 5.75 Å². The van der Waals surface area contributed by atoms with Crippen LogP contribution in [0.2, 0.25) is 0 Å². The number of nitrogens with zero attached hydrogens (tertiary/aromatic N) is 3. The number of hydrogen-bond acceptors (Lipinski definition) is 6. The molecule has 5 rings (SSSR count). The zero-order valence-corrected chi connectivity index (χ0v) is 17.8. The van der Waals surface area contributed by atoms with E-state index in [1.165, 1.54) is 0 Å². The molecular weight excluding hydrogens is 390 g/mol. The van der Waals surface area contributed by atoms with E-state index in [9.17, 15) is 4.79 Å². The third-order valence-corrected chi connectivity index (χ3v) is 6.23. The summed E-state index contributed by atoms with van der Waals surface area (Å²) in [4.78, 5) is 26.2. The molecule has 2 bridgehead atoms. The highest BCUT2D eigenvalue weighted by Crippen LogP contribution is 2.45. The largest absolute Gasteiger partial charge is 0.491 e. The molecule has 4 atom stereocenters. The van der Waals surface area contributed by atoms with Gasteiger partial charge in [-0.15, -0.1) is 0 Å². The minimum absolute atomic E-state index is 0.0575. The third-order valence-electron chi connectivity index (χ3n) is 6.23. The molecule has 160 valence electrons. The Hall–Kier alpha value is -3.22. The van der Waals surface area contributed by atoms with E-state index in [1.807, 2.05) is 38.3 Å². The first-order valence-corrected chi connectivity index (χ1v) is 10.9. The molecule has 0 radical (unpaired) electrons. The zero-order valence-electron chi connectivity index (χ0n) is 17.8. The summed E-state index contributed by atoms with van der Waals surface area (Å²) in [5.41, 5.74) is 8.51. The van der Waals surface area contributed by atoms with Crippen molar-refractivity contribution in [2.45, 2.75) is 45.3 Å². The maximum absolute atomic E-state index is 12.1. The quantitative estimate of drug-likeness (QED) is 0.674. The SMILES string of the molecule is CC(C)Oc1cccc(Cc2nc3c(c(NC4C5C=CC(C5)C4C(N)=O)n2)N=CC3)c1. The van der Waals surface area contributed by atoms with E-state index in [0.29, 0.717) is 18.7 Å². The van der Waals surface area contributed by atoms with E-state index in [0.717, 1.165) is 34.9 Å². The fourth-order valence-electron chi connectivity index (χ4n) is 4.98. The van der Waals surface area contributed by atoms with Crippen molar-refractivity contribution >= 4 is 23.6 Å². The molecule has 4 unspecified atom stereocenters. The van der Waals surface area contributed by atoms with Gasteiger partial charge in [-0.05, 0) is 49.8 Å². The van der Waals surface area contributed by atoms with Gasteiger partial charge in [-0.3, -0.25) is 9.79 Å². The van der Waals surface area contributed by atoms with E-state index in [-0.39, 0.29) is 35.8 Å². The number of fused-ring (bicyclic) bond motifs is 3. The fourth-order valence-corrected chi connectivity index (χ4v) is 4.98. The molecule has 2 aliphatic carbocycles. The molecule has 1 aromatic carbocycles. The van der Waals surface area contributed by atoms with Crippen molar-refractivity contribution in [3.05, 3.63) is 53.5 Å². The number of aromatic nitrogens is 2. The lowest BCUT2D eigenvalue weighted by molar-refractivity contribution is -0.122. The summed E-state index contributed by atoms with van der Waals surface area (Å²) in [6.45, 7) is 4.02. The van der Waals surface area contributed by atoms with Crippen LogP contribution in [0.25, 0.3) is 0 Å². The maximum atomic E-state index is 12.1. The summed E-state index contributed by atoms with van der Waals surface area (Å²) < 4.78 is 5.82. The van der Waals surface area contributed by atoms with E-state index in [2.05, 4.69) is 28.5 Å². The highest BCUT2D eigenvalue weighted by atomic mass is 16.5. The molecule has 1 fully saturated rings. The predicted molar refractivity (Wildman–Crippen MR) is 120 cm³/mol. The van der Waals surface area contributed by atoms with Gasteiger partial charge in [0, 0.05) is 25.1 Å². The van der Waals surface area contributed by atoms with Crippen LogP contribution in [0.15, 0.2) is 41.4 Å². The molecule has 7 heteroatoms. The molecule has 2 heterocycles. The first-order valence-electron chi connectivity index (χ1n) is 10.9. The molecule has 7 nitrogen and oxygen atoms in total. The second-order valence-electron chi connectivity index (χ2n) is 8.84. The minimum atomic E-state index is -0.259. The monoisotopic (exact) mass is 417 g/mol. The molecule has 3 N–H and O–H groups in total. The van der Waals surface area contributed by atoms with Gasteiger partial charge in [-0.25, -0.2) is 9.97 Å². The Labute approximate surface area is 181 Å². The lowest BCUT2D eigenvalue weighted by atomic mass is 9.88. The van der Waals surface area contributed by atoms with Gasteiger partial charge in [-0.2, -0.15) is 0 Å². The molecular formula is C24H27N5O2. The summed E-state index contributed by atoms with van der Waals surface area (Å²) in [6.07, 6.45) is 8.52. The smallest absolute Gasteiger partial charge is 0.223 e. The summed E-state index contributed by atoms with van der Waals surface area (Å²) in [5, 5.41) is 3.53. The maximum Gasteiger partial charge on any atom is 0.223 e. The molecule has 3 aliphatic rings. The van der Waals surface area contributed by atoms with Crippen molar-refractivity contribution < 1.29 is 9.53 Å². The highest BCUT2D eigenvalue weighted by Gasteiger charge is 2.47. The number of amides is 1. The number of rotatable bonds is 7. The van der Waals surface area contributed by atoms with Crippen LogP contribution in [-0.4, -0.2) is 34.2 Å². The van der Waals surface area contributed by atoms with Crippen LogP contribution < -0.4 is 15.8 Å². The van der Waals surface area contributed by atoms with Crippen LogP contribution in [0.4, 0.5) is 11.5 Å². The van der Waals surface area contributed by atoms with Gasteiger partial charge in [0.1, 0.15) is 17.3 Å². The second-order valence-corrected chi connectivity index (χ2v) is 8.84. The van der Waals surface area contributed by atoms with E-state index in [4.69, 9.17) is 20.4 Å². The van der Waals surface area contributed by atoms with Gasteiger partial charge in [0.05, 0.1) is 17.7 Å². The van der Waals surface area contributed by atoms with Gasteiger partial charge in [-0.1, -0.05) is 24.3 Å². The van der Waals surface area contributed by atoms with Crippen molar-refractivity contribution in [1.82, 2.24) is 9.97 Å². The Morgan fingerprint density at radius 1 is 1.26 bits per heavy atom. The summed E-state index contributed by atoms with van der Waals surface area (Å²) in [5.74, 6) is 2.27. The van der Waals surface area contributed by atoms with E-state index < -0.39 is 0 Å². The molecule has 0 spiro atoms. The van der Waals surface area contributed by atoms with Crippen LogP contribution in [0.1, 0.15) is 37.4 Å². The highest BCUT2D eigenvalue weighted by molar-refractivity contribution is 5.82. The van der Waals surface area contributed by atoms with E-state index >= 15 is 0 Å². The Morgan fingerprint density at radius 3 is 2.90 bits per heavy atom. The summed E-state index contributed by atoms with van der Waals surface area (Å²) >= 11 is 0. The number of carbonyl (C=O) groups is 1. The normalized spacial score (nSPS) is 25.3. The standard InChI is InChI=1S/C24H27N5O2/c1-13(2)31-17-5-3-4-14(10-17)11-19-27-18-8-9-26-22(18)24(28-19)29-21-16-7-6-15(12-16)20(21)23(25)30/h3-7,9-10,13,15-16,20-21H,8,11-12H2,1-2H3,(H2,25,30)(H,27,28,29). The first kappa shape index (κ1) is 19.7. The van der Waals surface area contributed by atoms with Gasteiger partial charge in [0.2, 0.25) is 5.91 Å². The Bertz CT molecular complexity index is 1080. The number of benzene rings is 1. The van der Waals surface area contributed by atoms with Crippen molar-refractivity contribution in [2.75, 3.05) is 5.32 Å². The van der Waals surface area contributed by atoms with E-state index in [1.54, 1.807) is 0 Å². The second kappa shape index (κ2) is 7.80. The van der Waals surface area contributed by atoms with Crippen LogP contribution >= 0.6 is 0 Å². The van der Waals surface area contributed by atoms with Gasteiger partial charge < -0.3 is 15.8 Å². The number of aliphatic imine (C=N–C) groups is 1. The molecule has 2 aromatic rings. The van der Waals surface area contributed by atoms with Crippen molar-refractivity contribution in [3.8, 4) is 5.75 Å². The molecule has 31 heavy (non-hydrogen) atoms. The number of ether oxygens (including phenoxy) is 1. The molecule has 0 saturated heterocycles. The number of primary amides is 1. The van der Waals surface area contributed by atoms with Crippen molar-refractivity contribution in [1.29, 1.82) is 0 Å². The predicted octanol–water partition coefficient (Wildman–Crippen LogP) is 3.20. The number of nitrogens with two attached hydrogens (primary N) is 1. The summed E-state index contributed by atoms with van der Waals surface area (Å²) in [6, 6.07) is 7.97. The average Bonchev–Trinajstić information content (AvgIpc) is 3.43. The molecule has 1 saturated carbocycles. The molecule has 1 amide bonds. The Kier molecular flexibility index (Phi) is 4.96. The number of hydrogen-bond donors (Lipinski definition) is 2. The molecule has 1 aliphatic heterocycles. The number of allylic oxidation sites excluding steroid dienone is 1. The number of carbonyl (C=O) groups excluding carboxylic acids is 1. The minimum Gasteiger partial charge on any atom is -0.491 e.